The Hall–Kier alpha value is -2.17. The lowest BCUT2D eigenvalue weighted by Gasteiger charge is -2.09. The predicted molar refractivity (Wildman–Crippen MR) is 80.0 cm³/mol. The molecule has 2 N–H and O–H groups in total. The van der Waals surface area contributed by atoms with Crippen molar-refractivity contribution in [3.05, 3.63) is 41.9 Å². The van der Waals surface area contributed by atoms with Crippen molar-refractivity contribution in [2.75, 3.05) is 24.2 Å². The summed E-state index contributed by atoms with van der Waals surface area (Å²) in [5, 5.41) is 6.41. The van der Waals surface area contributed by atoms with Gasteiger partial charge >= 0.3 is 0 Å². The van der Waals surface area contributed by atoms with Crippen LogP contribution in [0.5, 0.6) is 0 Å². The molecular weight excluding hydrogens is 250 g/mol. The predicted octanol–water partition coefficient (Wildman–Crippen LogP) is 2.45. The van der Waals surface area contributed by atoms with Crippen molar-refractivity contribution in [2.24, 2.45) is 0 Å². The van der Waals surface area contributed by atoms with E-state index in [-0.39, 0.29) is 0 Å². The van der Waals surface area contributed by atoms with Crippen molar-refractivity contribution in [3.63, 3.8) is 0 Å². The maximum Gasteiger partial charge on any atom is 0.224 e. The minimum atomic E-state index is 0.630. The number of nitrogens with zero attached hydrogens (tertiary/aromatic N) is 3. The van der Waals surface area contributed by atoms with Crippen LogP contribution in [0.1, 0.15) is 30.0 Å². The third-order valence-electron chi connectivity index (χ3n) is 3.43. The monoisotopic (exact) mass is 269 g/mol. The molecule has 0 bridgehead atoms. The van der Waals surface area contributed by atoms with Gasteiger partial charge in [0, 0.05) is 38.0 Å². The normalized spacial score (nSPS) is 14.1. The Morgan fingerprint density at radius 2 is 2.00 bits per heavy atom. The van der Waals surface area contributed by atoms with Gasteiger partial charge in [0.25, 0.3) is 0 Å². The molecule has 0 atom stereocenters. The fourth-order valence-corrected chi connectivity index (χ4v) is 2.14. The Bertz CT molecular complexity index is 566. The van der Waals surface area contributed by atoms with E-state index in [2.05, 4.69) is 31.7 Å². The first-order valence-corrected chi connectivity index (χ1v) is 7.04. The van der Waals surface area contributed by atoms with E-state index in [1.54, 1.807) is 0 Å². The van der Waals surface area contributed by atoms with E-state index in [1.165, 1.54) is 18.4 Å². The highest BCUT2D eigenvalue weighted by atomic mass is 15.1. The quantitative estimate of drug-likeness (QED) is 0.843. The van der Waals surface area contributed by atoms with Gasteiger partial charge in [0.2, 0.25) is 5.95 Å². The maximum atomic E-state index is 4.51. The molecule has 1 saturated carbocycles. The summed E-state index contributed by atoms with van der Waals surface area (Å²) in [5.41, 5.74) is 2.42. The number of hydrogen-bond donors (Lipinski definition) is 2. The number of nitrogens with one attached hydrogen (secondary N) is 2. The first-order chi connectivity index (χ1) is 9.85. The lowest BCUT2D eigenvalue weighted by Crippen LogP contribution is -2.09. The fourth-order valence-electron chi connectivity index (χ4n) is 2.14. The summed E-state index contributed by atoms with van der Waals surface area (Å²) < 4.78 is 0. The molecule has 0 unspecified atom stereocenters. The molecule has 2 aromatic rings. The van der Waals surface area contributed by atoms with Crippen molar-refractivity contribution in [3.8, 4) is 0 Å². The number of anilines is 2. The fraction of sp³-hybridized carbons (Fsp3) is 0.400. The smallest absolute Gasteiger partial charge is 0.224 e. The summed E-state index contributed by atoms with van der Waals surface area (Å²) in [6, 6.07) is 6.15. The number of aromatic nitrogens is 3. The number of hydrogen-bond acceptors (Lipinski definition) is 5. The Labute approximate surface area is 118 Å². The summed E-state index contributed by atoms with van der Waals surface area (Å²) in [6.45, 7) is 0.855. The van der Waals surface area contributed by atoms with Crippen LogP contribution in [0.3, 0.4) is 0 Å². The van der Waals surface area contributed by atoms with Gasteiger partial charge in [-0.05, 0) is 37.0 Å². The molecule has 0 radical (unpaired) electrons. The minimum absolute atomic E-state index is 0.630. The third-order valence-corrected chi connectivity index (χ3v) is 3.43. The summed E-state index contributed by atoms with van der Waals surface area (Å²) >= 11 is 0. The molecule has 5 nitrogen and oxygen atoms in total. The maximum absolute atomic E-state index is 4.51. The van der Waals surface area contributed by atoms with Crippen LogP contribution in [-0.4, -0.2) is 28.5 Å². The van der Waals surface area contributed by atoms with Crippen LogP contribution in [0.2, 0.25) is 0 Å². The largest absolute Gasteiger partial charge is 0.370 e. The molecule has 0 saturated heterocycles. The van der Waals surface area contributed by atoms with Crippen LogP contribution in [-0.2, 0) is 6.42 Å². The molecular formula is C15H19N5. The van der Waals surface area contributed by atoms with Gasteiger partial charge in [-0.3, -0.25) is 4.98 Å². The van der Waals surface area contributed by atoms with E-state index in [9.17, 15) is 0 Å². The highest BCUT2D eigenvalue weighted by Gasteiger charge is 2.26. The molecule has 0 aliphatic heterocycles. The van der Waals surface area contributed by atoms with Crippen molar-refractivity contribution < 1.29 is 0 Å². The first kappa shape index (κ1) is 12.8. The van der Waals surface area contributed by atoms with E-state index >= 15 is 0 Å². The number of rotatable bonds is 6. The van der Waals surface area contributed by atoms with Gasteiger partial charge in [0.15, 0.2) is 0 Å². The second-order valence-electron chi connectivity index (χ2n) is 5.06. The second-order valence-corrected chi connectivity index (χ2v) is 5.06. The van der Waals surface area contributed by atoms with Gasteiger partial charge in [-0.25, -0.2) is 4.98 Å². The van der Waals surface area contributed by atoms with Crippen molar-refractivity contribution in [1.29, 1.82) is 0 Å². The topological polar surface area (TPSA) is 62.7 Å². The lowest BCUT2D eigenvalue weighted by atomic mass is 10.2. The van der Waals surface area contributed by atoms with Crippen molar-refractivity contribution in [1.82, 2.24) is 15.0 Å². The molecule has 1 aliphatic carbocycles. The zero-order chi connectivity index (χ0) is 13.8. The molecule has 104 valence electrons. The molecule has 0 spiro atoms. The lowest BCUT2D eigenvalue weighted by molar-refractivity contribution is 0.962. The zero-order valence-electron chi connectivity index (χ0n) is 11.6. The van der Waals surface area contributed by atoms with Crippen LogP contribution < -0.4 is 10.6 Å². The van der Waals surface area contributed by atoms with Crippen LogP contribution in [0.25, 0.3) is 0 Å². The zero-order valence-corrected chi connectivity index (χ0v) is 11.6. The molecule has 0 aromatic carbocycles. The summed E-state index contributed by atoms with van der Waals surface area (Å²) in [4.78, 5) is 13.0. The van der Waals surface area contributed by atoms with E-state index in [1.807, 2.05) is 31.6 Å². The van der Waals surface area contributed by atoms with Crippen molar-refractivity contribution in [2.45, 2.75) is 25.2 Å². The second kappa shape index (κ2) is 5.86. The van der Waals surface area contributed by atoms with E-state index in [4.69, 9.17) is 0 Å². The summed E-state index contributed by atoms with van der Waals surface area (Å²) in [7, 11) is 1.85. The van der Waals surface area contributed by atoms with E-state index in [0.717, 1.165) is 24.5 Å². The molecule has 0 amide bonds. The Balaban J connectivity index is 1.63. The Morgan fingerprint density at radius 1 is 1.20 bits per heavy atom. The Morgan fingerprint density at radius 3 is 2.70 bits per heavy atom. The van der Waals surface area contributed by atoms with Gasteiger partial charge in [0.05, 0.1) is 5.69 Å². The van der Waals surface area contributed by atoms with Gasteiger partial charge < -0.3 is 10.6 Å². The van der Waals surface area contributed by atoms with Gasteiger partial charge in [-0.2, -0.15) is 4.98 Å². The molecule has 2 aromatic heterocycles. The SMILES string of the molecule is CNc1nc(NCCc2ccncc2)cc(C2CC2)n1. The average molecular weight is 269 g/mol. The minimum Gasteiger partial charge on any atom is -0.370 e. The molecule has 5 heteroatoms. The molecule has 2 heterocycles. The van der Waals surface area contributed by atoms with Gasteiger partial charge in [-0.1, -0.05) is 0 Å². The van der Waals surface area contributed by atoms with E-state index < -0.39 is 0 Å². The summed E-state index contributed by atoms with van der Waals surface area (Å²) in [5.74, 6) is 2.23. The third kappa shape index (κ3) is 3.23. The van der Waals surface area contributed by atoms with Gasteiger partial charge in [0.1, 0.15) is 5.82 Å². The standard InChI is InChI=1S/C15H19N5/c1-16-15-19-13(12-2-3-12)10-14(20-15)18-9-6-11-4-7-17-8-5-11/h4-5,7-8,10,12H,2-3,6,9H2,1H3,(H2,16,18,19,20). The average Bonchev–Trinajstić information content (AvgIpc) is 3.33. The number of pyridine rings is 1. The first-order valence-electron chi connectivity index (χ1n) is 7.04. The molecule has 1 aliphatic rings. The summed E-state index contributed by atoms with van der Waals surface area (Å²) in [6.07, 6.45) is 7.10. The van der Waals surface area contributed by atoms with Crippen LogP contribution in [0.4, 0.5) is 11.8 Å². The van der Waals surface area contributed by atoms with Crippen molar-refractivity contribution >= 4 is 11.8 Å². The molecule has 1 fully saturated rings. The van der Waals surface area contributed by atoms with Gasteiger partial charge in [-0.15, -0.1) is 0 Å². The highest BCUT2D eigenvalue weighted by molar-refractivity contribution is 5.43. The van der Waals surface area contributed by atoms with E-state index in [0.29, 0.717) is 11.9 Å². The van der Waals surface area contributed by atoms with Crippen LogP contribution >= 0.6 is 0 Å². The van der Waals surface area contributed by atoms with Crippen LogP contribution in [0, 0.1) is 0 Å². The molecule has 3 rings (SSSR count). The van der Waals surface area contributed by atoms with Crippen LogP contribution in [0.15, 0.2) is 30.6 Å². The molecule has 20 heavy (non-hydrogen) atoms. The Kier molecular flexibility index (Phi) is 3.76. The highest BCUT2D eigenvalue weighted by Crippen LogP contribution is 2.39.